The Kier molecular flexibility index (Phi) is 5.57. The Balaban J connectivity index is 2.04. The highest BCUT2D eigenvalue weighted by Crippen LogP contribution is 2.40. The Hall–Kier alpha value is -3.91. The first-order valence-electron chi connectivity index (χ1n) is 9.29. The van der Waals surface area contributed by atoms with Crippen molar-refractivity contribution in [3.63, 3.8) is 0 Å². The van der Waals surface area contributed by atoms with Crippen molar-refractivity contribution in [1.82, 2.24) is 0 Å². The van der Waals surface area contributed by atoms with Crippen molar-refractivity contribution in [2.24, 2.45) is 10.2 Å². The number of aromatic hydroxyl groups is 1. The number of nitrogens with zero attached hydrogens (tertiary/aromatic N) is 2. The lowest BCUT2D eigenvalue weighted by molar-refractivity contribution is 0.0694. The van der Waals surface area contributed by atoms with Gasteiger partial charge in [-0.2, -0.15) is 16.8 Å². The molecule has 0 aliphatic carbocycles. The maximum absolute atomic E-state index is 12.0. The first-order chi connectivity index (χ1) is 15.9. The number of carboxylic acid groups (broad SMARTS) is 1. The van der Waals surface area contributed by atoms with E-state index in [1.807, 2.05) is 0 Å². The van der Waals surface area contributed by atoms with Crippen LogP contribution in [0, 0.1) is 0 Å². The molecule has 0 saturated heterocycles. The van der Waals surface area contributed by atoms with Gasteiger partial charge in [-0.3, -0.25) is 9.11 Å². The molecule has 0 spiro atoms. The van der Waals surface area contributed by atoms with Gasteiger partial charge in [0.2, 0.25) is 0 Å². The van der Waals surface area contributed by atoms with Gasteiger partial charge in [-0.15, -0.1) is 10.2 Å². The lowest BCUT2D eigenvalue weighted by Crippen LogP contribution is -2.01. The van der Waals surface area contributed by atoms with Crippen molar-refractivity contribution in [3.05, 3.63) is 66.2 Å². The van der Waals surface area contributed by atoms with Crippen molar-refractivity contribution in [2.75, 3.05) is 0 Å². The second kappa shape index (κ2) is 8.14. The highest BCUT2D eigenvalue weighted by atomic mass is 32.2. The number of carboxylic acids is 1. The molecule has 11 nitrogen and oxygen atoms in total. The van der Waals surface area contributed by atoms with E-state index >= 15 is 0 Å². The molecule has 174 valence electrons. The van der Waals surface area contributed by atoms with E-state index in [2.05, 4.69) is 10.2 Å². The van der Waals surface area contributed by atoms with Gasteiger partial charge in [-0.25, -0.2) is 4.79 Å². The lowest BCUT2D eigenvalue weighted by atomic mass is 10.0. The molecular weight excluding hydrogens is 488 g/mol. The van der Waals surface area contributed by atoms with Gasteiger partial charge in [-0.05, 0) is 35.0 Å². The van der Waals surface area contributed by atoms with Crippen LogP contribution in [0.25, 0.3) is 21.5 Å². The molecule has 34 heavy (non-hydrogen) atoms. The van der Waals surface area contributed by atoms with Crippen molar-refractivity contribution >= 4 is 59.1 Å². The molecule has 0 aromatic heterocycles. The fraction of sp³-hybridized carbons (Fsp3) is 0. The van der Waals surface area contributed by atoms with Crippen LogP contribution in [0.4, 0.5) is 11.4 Å². The van der Waals surface area contributed by atoms with Crippen molar-refractivity contribution < 1.29 is 40.9 Å². The van der Waals surface area contributed by atoms with Crippen molar-refractivity contribution in [3.8, 4) is 5.75 Å². The number of azo groups is 1. The molecule has 0 atom stereocenters. The summed E-state index contributed by atoms with van der Waals surface area (Å²) in [6.45, 7) is 0. The average molecular weight is 502 g/mol. The Labute approximate surface area is 192 Å². The third-order valence-corrected chi connectivity index (χ3v) is 6.75. The van der Waals surface area contributed by atoms with E-state index < -0.39 is 53.0 Å². The van der Waals surface area contributed by atoms with E-state index in [1.54, 1.807) is 18.2 Å². The molecule has 4 rings (SSSR count). The van der Waals surface area contributed by atoms with Gasteiger partial charge >= 0.3 is 5.97 Å². The molecule has 0 saturated carbocycles. The van der Waals surface area contributed by atoms with E-state index in [-0.39, 0.29) is 16.5 Å². The number of hydrogen-bond acceptors (Lipinski definition) is 8. The van der Waals surface area contributed by atoms with Crippen LogP contribution >= 0.6 is 0 Å². The van der Waals surface area contributed by atoms with E-state index in [0.717, 1.165) is 18.2 Å². The molecule has 0 aliphatic rings. The van der Waals surface area contributed by atoms with Crippen LogP contribution in [0.2, 0.25) is 0 Å². The van der Waals surface area contributed by atoms with Crippen LogP contribution in [0.15, 0.2) is 80.7 Å². The quantitative estimate of drug-likeness (QED) is 0.227. The third kappa shape index (κ3) is 4.20. The zero-order valence-corrected chi connectivity index (χ0v) is 18.4. The smallest absolute Gasteiger partial charge is 0.339 e. The summed E-state index contributed by atoms with van der Waals surface area (Å²) in [6.07, 6.45) is 0. The molecule has 0 amide bonds. The maximum Gasteiger partial charge on any atom is 0.339 e. The van der Waals surface area contributed by atoms with Crippen LogP contribution in [0.1, 0.15) is 10.4 Å². The molecule has 0 heterocycles. The Morgan fingerprint density at radius 2 is 1.35 bits per heavy atom. The van der Waals surface area contributed by atoms with Gasteiger partial charge in [0.15, 0.2) is 5.75 Å². The molecule has 4 aromatic carbocycles. The summed E-state index contributed by atoms with van der Waals surface area (Å²) in [6, 6.07) is 13.2. The van der Waals surface area contributed by atoms with E-state index in [0.29, 0.717) is 10.8 Å². The second-order valence-electron chi connectivity index (χ2n) is 7.09. The number of aromatic carboxylic acids is 1. The molecular formula is C21H14N2O9S2. The minimum absolute atomic E-state index is 0.0582. The molecule has 4 N–H and O–H groups in total. The molecule has 0 radical (unpaired) electrons. The predicted molar refractivity (Wildman–Crippen MR) is 120 cm³/mol. The largest absolute Gasteiger partial charge is 0.505 e. The normalized spacial score (nSPS) is 12.5. The molecule has 0 fully saturated rings. The molecule has 13 heteroatoms. The summed E-state index contributed by atoms with van der Waals surface area (Å²) in [5, 5.41) is 28.1. The Morgan fingerprint density at radius 1 is 0.735 bits per heavy atom. The Bertz CT molecular complexity index is 1750. The van der Waals surface area contributed by atoms with Crippen LogP contribution in [-0.4, -0.2) is 42.1 Å². The summed E-state index contributed by atoms with van der Waals surface area (Å²) in [4.78, 5) is 10.3. The van der Waals surface area contributed by atoms with Gasteiger partial charge in [0.25, 0.3) is 20.2 Å². The van der Waals surface area contributed by atoms with Gasteiger partial charge in [-0.1, -0.05) is 36.4 Å². The van der Waals surface area contributed by atoms with Crippen molar-refractivity contribution in [2.45, 2.75) is 9.79 Å². The molecule has 0 bridgehead atoms. The molecule has 0 unspecified atom stereocenters. The van der Waals surface area contributed by atoms with Crippen LogP contribution in [0.3, 0.4) is 0 Å². The zero-order valence-electron chi connectivity index (χ0n) is 16.8. The number of carbonyl (C=O) groups is 1. The topological polar surface area (TPSA) is 191 Å². The minimum Gasteiger partial charge on any atom is -0.505 e. The van der Waals surface area contributed by atoms with E-state index in [4.69, 9.17) is 0 Å². The van der Waals surface area contributed by atoms with Gasteiger partial charge in [0.05, 0.1) is 0 Å². The highest BCUT2D eigenvalue weighted by molar-refractivity contribution is 7.86. The van der Waals surface area contributed by atoms with Crippen molar-refractivity contribution in [1.29, 1.82) is 0 Å². The third-order valence-electron chi connectivity index (χ3n) is 4.96. The zero-order chi connectivity index (χ0) is 24.8. The minimum atomic E-state index is -4.87. The van der Waals surface area contributed by atoms with Crippen LogP contribution in [-0.2, 0) is 20.2 Å². The first-order valence-corrected chi connectivity index (χ1v) is 12.2. The Morgan fingerprint density at radius 3 is 2.00 bits per heavy atom. The summed E-state index contributed by atoms with van der Waals surface area (Å²) >= 11 is 0. The highest BCUT2D eigenvalue weighted by Gasteiger charge is 2.22. The van der Waals surface area contributed by atoms with E-state index in [9.17, 15) is 40.9 Å². The summed E-state index contributed by atoms with van der Waals surface area (Å²) in [5.74, 6) is -2.18. The summed E-state index contributed by atoms with van der Waals surface area (Å²) in [5.41, 5.74) is -1.29. The van der Waals surface area contributed by atoms with Gasteiger partial charge in [0.1, 0.15) is 26.7 Å². The van der Waals surface area contributed by atoms with Crippen LogP contribution < -0.4 is 0 Å². The fourth-order valence-electron chi connectivity index (χ4n) is 3.46. The van der Waals surface area contributed by atoms with E-state index in [1.165, 1.54) is 24.3 Å². The number of hydrogen-bond donors (Lipinski definition) is 4. The van der Waals surface area contributed by atoms with Gasteiger partial charge in [0, 0.05) is 10.8 Å². The lowest BCUT2D eigenvalue weighted by Gasteiger charge is -2.09. The standard InChI is InChI=1S/C21H14N2O9S2/c24-20-15(21(25)26)8-11-4-1-2-6-13(11)19(20)23-22-16-10-14-12(9-18(16)34(30,31)32)5-3-7-17(14)33(27,28)29/h1-10,24H,(H,25,26)(H,27,28,29)(H,30,31,32). The number of benzene rings is 4. The fourth-order valence-corrected chi connectivity index (χ4v) is 4.80. The predicted octanol–water partition coefficient (Wildman–Crippen LogP) is 4.31. The maximum atomic E-state index is 12.0. The molecule has 4 aromatic rings. The number of rotatable bonds is 5. The summed E-state index contributed by atoms with van der Waals surface area (Å²) < 4.78 is 66.6. The monoisotopic (exact) mass is 502 g/mol. The first kappa shape index (κ1) is 23.3. The van der Waals surface area contributed by atoms with Crippen LogP contribution in [0.5, 0.6) is 5.75 Å². The number of phenols is 1. The molecule has 0 aliphatic heterocycles. The SMILES string of the molecule is O=C(O)c1cc2ccccc2c(N=Nc2cc3c(S(=O)(=O)O)cccc3cc2S(=O)(=O)O)c1O. The van der Waals surface area contributed by atoms with Gasteiger partial charge < -0.3 is 10.2 Å². The number of fused-ring (bicyclic) bond motifs is 2. The second-order valence-corrected chi connectivity index (χ2v) is 9.87. The average Bonchev–Trinajstić information content (AvgIpc) is 2.75. The summed E-state index contributed by atoms with van der Waals surface area (Å²) in [7, 11) is -9.58.